The van der Waals surface area contributed by atoms with Crippen LogP contribution in [0.2, 0.25) is 0 Å². The minimum absolute atomic E-state index is 0.0722. The van der Waals surface area contributed by atoms with Gasteiger partial charge in [-0.3, -0.25) is 0 Å². The second-order valence-electron chi connectivity index (χ2n) is 6.10. The number of carboxylic acid groups (broad SMARTS) is 1. The average Bonchev–Trinajstić information content (AvgIpc) is 2.53. The molecule has 0 amide bonds. The second-order valence-corrected chi connectivity index (χ2v) is 6.10. The van der Waals surface area contributed by atoms with Gasteiger partial charge in [0, 0.05) is 0 Å². The number of aryl methyl sites for hydroxylation is 1. The number of alkyl halides is 4. The predicted octanol–water partition coefficient (Wildman–Crippen LogP) is 5.62. The summed E-state index contributed by atoms with van der Waals surface area (Å²) in [6, 6.07) is 2.22. The van der Waals surface area contributed by atoms with Gasteiger partial charge < -0.3 is 5.11 Å². The van der Waals surface area contributed by atoms with Gasteiger partial charge in [0.15, 0.2) is 0 Å². The van der Waals surface area contributed by atoms with E-state index in [-0.39, 0.29) is 12.0 Å². The second kappa shape index (κ2) is 6.48. The van der Waals surface area contributed by atoms with Gasteiger partial charge in [0.1, 0.15) is 11.6 Å². The molecule has 1 aliphatic rings. The Morgan fingerprint density at radius 2 is 1.73 bits per heavy atom. The van der Waals surface area contributed by atoms with Gasteiger partial charge in [-0.15, -0.1) is 0 Å². The summed E-state index contributed by atoms with van der Waals surface area (Å²) < 4.78 is 87.0. The zero-order chi connectivity index (χ0) is 20.0. The summed E-state index contributed by atoms with van der Waals surface area (Å²) in [7, 11) is 0. The van der Waals surface area contributed by atoms with Crippen LogP contribution in [0, 0.1) is 5.82 Å². The van der Waals surface area contributed by atoms with Crippen LogP contribution in [0.4, 0.5) is 26.3 Å². The summed E-state index contributed by atoms with van der Waals surface area (Å²) in [5.74, 6) is -15.4. The molecule has 0 aromatic heterocycles. The van der Waals surface area contributed by atoms with Gasteiger partial charge in [0.05, 0.1) is 16.7 Å². The molecule has 0 heterocycles. The highest BCUT2D eigenvalue weighted by Crippen LogP contribution is 2.57. The van der Waals surface area contributed by atoms with E-state index in [1.54, 1.807) is 6.92 Å². The number of aliphatic carboxylic acids is 1. The van der Waals surface area contributed by atoms with Gasteiger partial charge in [0.2, 0.25) is 0 Å². The molecule has 8 heteroatoms. The highest BCUT2D eigenvalue weighted by Gasteiger charge is 2.65. The van der Waals surface area contributed by atoms with Crippen molar-refractivity contribution < 1.29 is 36.2 Å². The molecule has 0 bridgehead atoms. The fourth-order valence-corrected chi connectivity index (χ4v) is 2.97. The predicted molar refractivity (Wildman–Crippen MR) is 83.3 cm³/mol. The molecule has 1 aromatic rings. The maximum atomic E-state index is 14.5. The van der Waals surface area contributed by atoms with E-state index in [1.165, 1.54) is 6.07 Å². The van der Waals surface area contributed by atoms with Crippen molar-refractivity contribution in [3.8, 4) is 0 Å². The zero-order valence-corrected chi connectivity index (χ0v) is 14.2. The third-order valence-corrected chi connectivity index (χ3v) is 4.41. The molecular formula is C18H16F6O2. The fourth-order valence-electron chi connectivity index (χ4n) is 2.97. The number of hydrogen-bond donors (Lipinski definition) is 1. The fraction of sp³-hybridized carbons (Fsp3) is 0.389. The summed E-state index contributed by atoms with van der Waals surface area (Å²) in [5, 5.41) is 8.79. The van der Waals surface area contributed by atoms with Crippen LogP contribution in [0.25, 0.3) is 5.57 Å². The number of rotatable bonds is 4. The molecule has 2 rings (SSSR count). The van der Waals surface area contributed by atoms with Crippen LogP contribution >= 0.6 is 0 Å². The molecule has 0 saturated carbocycles. The van der Waals surface area contributed by atoms with E-state index in [0.717, 1.165) is 13.0 Å². The van der Waals surface area contributed by atoms with Crippen molar-refractivity contribution in [2.24, 2.45) is 0 Å². The van der Waals surface area contributed by atoms with Crippen molar-refractivity contribution in [2.45, 2.75) is 45.5 Å². The lowest BCUT2D eigenvalue weighted by Crippen LogP contribution is -2.44. The molecule has 0 saturated heterocycles. The number of allylic oxidation sites excluding steroid dienone is 3. The lowest BCUT2D eigenvalue weighted by atomic mass is 9.78. The first-order valence-electron chi connectivity index (χ1n) is 7.78. The van der Waals surface area contributed by atoms with E-state index in [2.05, 4.69) is 0 Å². The maximum Gasteiger partial charge on any atom is 0.343 e. The number of carbonyl (C=O) groups is 1. The Bertz CT molecular complexity index is 836. The third kappa shape index (κ3) is 2.71. The number of hydrogen-bond acceptors (Lipinski definition) is 1. The van der Waals surface area contributed by atoms with Gasteiger partial charge in [-0.2, -0.15) is 17.6 Å². The van der Waals surface area contributed by atoms with Crippen molar-refractivity contribution in [1.29, 1.82) is 0 Å². The zero-order valence-electron chi connectivity index (χ0n) is 14.2. The van der Waals surface area contributed by atoms with Gasteiger partial charge in [-0.25, -0.2) is 13.6 Å². The quantitative estimate of drug-likeness (QED) is 0.545. The molecule has 0 atom stereocenters. The van der Waals surface area contributed by atoms with Gasteiger partial charge in [-0.05, 0) is 37.0 Å². The number of halogens is 6. The van der Waals surface area contributed by atoms with E-state index in [9.17, 15) is 31.1 Å². The monoisotopic (exact) mass is 378 g/mol. The average molecular weight is 378 g/mol. The molecule has 0 radical (unpaired) electrons. The molecule has 1 aromatic carbocycles. The van der Waals surface area contributed by atoms with E-state index in [1.807, 2.05) is 0 Å². The summed E-state index contributed by atoms with van der Waals surface area (Å²) in [5.41, 5.74) is -5.71. The van der Waals surface area contributed by atoms with Crippen molar-refractivity contribution in [3.05, 3.63) is 51.6 Å². The molecular weight excluding hydrogens is 362 g/mol. The number of fused-ring (bicyclic) bond motifs is 1. The van der Waals surface area contributed by atoms with Crippen LogP contribution in [-0.2, 0) is 17.1 Å². The Balaban J connectivity index is 2.92. The Morgan fingerprint density at radius 1 is 1.15 bits per heavy atom. The van der Waals surface area contributed by atoms with Crippen LogP contribution < -0.4 is 0 Å². The van der Waals surface area contributed by atoms with E-state index >= 15 is 0 Å². The molecule has 142 valence electrons. The molecule has 0 fully saturated rings. The number of carboxylic acids is 1. The highest BCUT2D eigenvalue weighted by molar-refractivity contribution is 5.89. The van der Waals surface area contributed by atoms with Crippen LogP contribution in [-0.4, -0.2) is 17.0 Å². The van der Waals surface area contributed by atoms with Crippen LogP contribution in [0.15, 0.2) is 29.1 Å². The largest absolute Gasteiger partial charge is 0.478 e. The van der Waals surface area contributed by atoms with E-state index < -0.39 is 57.3 Å². The van der Waals surface area contributed by atoms with Crippen LogP contribution in [0.5, 0.6) is 0 Å². The molecule has 1 N–H and O–H groups in total. The van der Waals surface area contributed by atoms with Crippen LogP contribution in [0.1, 0.15) is 43.9 Å². The normalized spacial score (nSPS) is 19.1. The molecule has 2 nitrogen and oxygen atoms in total. The molecule has 26 heavy (non-hydrogen) atoms. The summed E-state index contributed by atoms with van der Waals surface area (Å²) >= 11 is 0. The van der Waals surface area contributed by atoms with Gasteiger partial charge in [0.25, 0.3) is 0 Å². The Kier molecular flexibility index (Phi) is 5.00. The lowest BCUT2D eigenvalue weighted by molar-refractivity contribution is -0.196. The third-order valence-electron chi connectivity index (χ3n) is 4.41. The molecule has 1 aliphatic carbocycles. The maximum absolute atomic E-state index is 14.5. The van der Waals surface area contributed by atoms with E-state index in [4.69, 9.17) is 5.11 Å². The molecule has 0 unspecified atom stereocenters. The van der Waals surface area contributed by atoms with Gasteiger partial charge >= 0.3 is 17.8 Å². The summed E-state index contributed by atoms with van der Waals surface area (Å²) in [4.78, 5) is 10.9. The van der Waals surface area contributed by atoms with Crippen molar-refractivity contribution in [2.75, 3.05) is 0 Å². The Labute approximate surface area is 145 Å². The van der Waals surface area contributed by atoms with Crippen molar-refractivity contribution in [3.63, 3.8) is 0 Å². The standard InChI is InChI=1S/C18H16F6O2/c1-4-5-10-6-7-11-8(2)12(14(19)9(3)16(25)26)17(21,22)18(23,24)13(11)15(10)20/h6-7H,4-5H2,1-3H3,(H,25,26)/b14-9-. The SMILES string of the molecule is CCCc1ccc2c(c1F)C(F)(F)C(F)(F)C(/C(F)=C(\C)C(=O)O)=C2C. The van der Waals surface area contributed by atoms with Gasteiger partial charge in [-0.1, -0.05) is 25.5 Å². The minimum Gasteiger partial charge on any atom is -0.478 e. The smallest absolute Gasteiger partial charge is 0.343 e. The minimum atomic E-state index is -5.11. The lowest BCUT2D eigenvalue weighted by Gasteiger charge is -2.36. The topological polar surface area (TPSA) is 37.3 Å². The summed E-state index contributed by atoms with van der Waals surface area (Å²) in [6.07, 6.45) is 0.482. The molecule has 0 spiro atoms. The van der Waals surface area contributed by atoms with Crippen molar-refractivity contribution in [1.82, 2.24) is 0 Å². The van der Waals surface area contributed by atoms with Crippen molar-refractivity contribution >= 4 is 11.5 Å². The Hall–Kier alpha value is -2.25. The first-order chi connectivity index (χ1) is 11.9. The highest BCUT2D eigenvalue weighted by atomic mass is 19.3. The first-order valence-corrected chi connectivity index (χ1v) is 7.78. The van der Waals surface area contributed by atoms with E-state index in [0.29, 0.717) is 13.3 Å². The summed E-state index contributed by atoms with van der Waals surface area (Å²) in [6.45, 7) is 3.29. The Morgan fingerprint density at radius 3 is 2.23 bits per heavy atom. The first kappa shape index (κ1) is 20.1. The molecule has 0 aliphatic heterocycles. The van der Waals surface area contributed by atoms with Crippen LogP contribution in [0.3, 0.4) is 0 Å². The number of benzene rings is 1.